The van der Waals surface area contributed by atoms with E-state index in [1.54, 1.807) is 18.2 Å². The Bertz CT molecular complexity index is 1300. The highest BCUT2D eigenvalue weighted by atomic mass is 79.9. The SMILES string of the molecule is Brc1ccccc1CNC1CC1.O=C(O)C1=C(c2ccc(OCCOc3cc(Cl)ccc3Cl)cc2)CCNC1. The number of carboxylic acid groups (broad SMARTS) is 1. The van der Waals surface area contributed by atoms with Gasteiger partial charge in [-0.25, -0.2) is 4.79 Å². The van der Waals surface area contributed by atoms with Crippen LogP contribution in [-0.4, -0.2) is 43.4 Å². The number of ether oxygens (including phenoxy) is 2. The minimum atomic E-state index is -0.880. The second-order valence-electron chi connectivity index (χ2n) is 9.23. The first kappa shape index (κ1) is 29.4. The van der Waals surface area contributed by atoms with Crippen molar-refractivity contribution < 1.29 is 19.4 Å². The maximum atomic E-state index is 11.4. The molecule has 3 aromatic rings. The van der Waals surface area contributed by atoms with E-state index < -0.39 is 5.97 Å². The summed E-state index contributed by atoms with van der Waals surface area (Å²) in [4.78, 5) is 11.4. The molecule has 0 saturated heterocycles. The average molecular weight is 634 g/mol. The van der Waals surface area contributed by atoms with Gasteiger partial charge in [0.1, 0.15) is 24.7 Å². The van der Waals surface area contributed by atoms with Crippen molar-refractivity contribution in [3.8, 4) is 11.5 Å². The van der Waals surface area contributed by atoms with Crippen molar-refractivity contribution in [1.29, 1.82) is 0 Å². The zero-order valence-corrected chi connectivity index (χ0v) is 24.5. The van der Waals surface area contributed by atoms with Crippen molar-refractivity contribution in [2.75, 3.05) is 26.3 Å². The Balaban J connectivity index is 0.000000243. The largest absolute Gasteiger partial charge is 0.490 e. The summed E-state index contributed by atoms with van der Waals surface area (Å²) in [5.41, 5.74) is 3.54. The van der Waals surface area contributed by atoms with Crippen molar-refractivity contribution in [2.45, 2.75) is 31.8 Å². The zero-order chi connectivity index (χ0) is 27.6. The van der Waals surface area contributed by atoms with E-state index in [1.165, 1.54) is 22.9 Å². The lowest BCUT2D eigenvalue weighted by Gasteiger charge is -2.19. The third-order valence-corrected chi connectivity index (χ3v) is 7.62. The van der Waals surface area contributed by atoms with Crippen molar-refractivity contribution in [3.05, 3.63) is 97.9 Å². The van der Waals surface area contributed by atoms with Crippen LogP contribution >= 0.6 is 39.1 Å². The predicted molar refractivity (Wildman–Crippen MR) is 160 cm³/mol. The Morgan fingerprint density at radius 2 is 1.77 bits per heavy atom. The van der Waals surface area contributed by atoms with Gasteiger partial charge in [-0.1, -0.05) is 69.5 Å². The van der Waals surface area contributed by atoms with Crippen LogP contribution in [0.2, 0.25) is 10.0 Å². The molecule has 0 spiro atoms. The number of halogens is 3. The van der Waals surface area contributed by atoms with Crippen molar-refractivity contribution in [2.24, 2.45) is 0 Å². The van der Waals surface area contributed by atoms with Crippen molar-refractivity contribution in [1.82, 2.24) is 10.6 Å². The minimum Gasteiger partial charge on any atom is -0.490 e. The number of carbonyl (C=O) groups is 1. The van der Waals surface area contributed by atoms with Gasteiger partial charge in [0.2, 0.25) is 0 Å². The van der Waals surface area contributed by atoms with Crippen LogP contribution in [0.15, 0.2) is 76.8 Å². The van der Waals surface area contributed by atoms with Crippen LogP contribution in [0.3, 0.4) is 0 Å². The molecule has 2 aliphatic rings. The minimum absolute atomic E-state index is 0.321. The van der Waals surface area contributed by atoms with Gasteiger partial charge in [-0.15, -0.1) is 0 Å². The Labute approximate surface area is 247 Å². The molecule has 0 bridgehead atoms. The van der Waals surface area contributed by atoms with E-state index in [9.17, 15) is 9.90 Å². The van der Waals surface area contributed by atoms with E-state index in [1.807, 2.05) is 30.3 Å². The normalized spacial score (nSPS) is 14.8. The average Bonchev–Trinajstić information content (AvgIpc) is 3.78. The van der Waals surface area contributed by atoms with Gasteiger partial charge in [0.05, 0.1) is 10.6 Å². The summed E-state index contributed by atoms with van der Waals surface area (Å²) in [6, 6.07) is 21.6. The first-order valence-corrected chi connectivity index (χ1v) is 14.4. The van der Waals surface area contributed by atoms with Crippen LogP contribution in [0.25, 0.3) is 5.57 Å². The topological polar surface area (TPSA) is 79.8 Å². The summed E-state index contributed by atoms with van der Waals surface area (Å²) >= 11 is 15.5. The molecule has 5 rings (SSSR count). The van der Waals surface area contributed by atoms with E-state index in [-0.39, 0.29) is 0 Å². The Hall–Kier alpha value is -2.55. The summed E-state index contributed by atoms with van der Waals surface area (Å²) in [6.45, 7) is 2.81. The van der Waals surface area contributed by atoms with Crippen LogP contribution < -0.4 is 20.1 Å². The summed E-state index contributed by atoms with van der Waals surface area (Å²) in [6.07, 6.45) is 3.39. The standard InChI is InChI=1S/C20H19Cl2NO4.C10H12BrN/c21-14-3-6-18(22)19(11-14)27-10-9-26-15-4-1-13(2-5-15)16-7-8-23-12-17(16)20(24)25;11-10-4-2-1-3-8(10)7-12-9-5-6-9/h1-6,11,23H,7-10,12H2,(H,24,25);1-4,9,12H,5-7H2. The molecule has 6 nitrogen and oxygen atoms in total. The first-order chi connectivity index (χ1) is 18.9. The van der Waals surface area contributed by atoms with Gasteiger partial charge >= 0.3 is 5.97 Å². The highest BCUT2D eigenvalue weighted by molar-refractivity contribution is 9.10. The second-order valence-corrected chi connectivity index (χ2v) is 10.9. The maximum absolute atomic E-state index is 11.4. The Kier molecular flexibility index (Phi) is 11.1. The molecular formula is C30H31BrCl2N2O4. The lowest BCUT2D eigenvalue weighted by atomic mass is 9.94. The van der Waals surface area contributed by atoms with Gasteiger partial charge in [-0.3, -0.25) is 0 Å². The zero-order valence-electron chi connectivity index (χ0n) is 21.4. The van der Waals surface area contributed by atoms with Crippen LogP contribution in [0.4, 0.5) is 0 Å². The molecule has 1 aliphatic heterocycles. The van der Waals surface area contributed by atoms with Gasteiger partial charge in [-0.2, -0.15) is 0 Å². The highest BCUT2D eigenvalue weighted by Gasteiger charge is 2.20. The number of rotatable bonds is 10. The molecule has 3 aromatic carbocycles. The molecule has 0 atom stereocenters. The molecule has 0 unspecified atom stereocenters. The number of carboxylic acids is 1. The Morgan fingerprint density at radius 3 is 2.49 bits per heavy atom. The number of hydrogen-bond acceptors (Lipinski definition) is 5. The van der Waals surface area contributed by atoms with Gasteiger partial charge in [0.25, 0.3) is 0 Å². The van der Waals surface area contributed by atoms with E-state index in [2.05, 4.69) is 44.8 Å². The van der Waals surface area contributed by atoms with E-state index >= 15 is 0 Å². The molecular weight excluding hydrogens is 603 g/mol. The number of hydrogen-bond donors (Lipinski definition) is 3. The van der Waals surface area contributed by atoms with Gasteiger partial charge in [0.15, 0.2) is 0 Å². The number of aliphatic carboxylic acids is 1. The van der Waals surface area contributed by atoms with Crippen LogP contribution in [0.5, 0.6) is 11.5 Å². The summed E-state index contributed by atoms with van der Waals surface area (Å²) in [7, 11) is 0. The molecule has 39 heavy (non-hydrogen) atoms. The molecule has 0 amide bonds. The van der Waals surface area contributed by atoms with E-state index in [0.717, 1.165) is 30.3 Å². The molecule has 206 valence electrons. The molecule has 1 saturated carbocycles. The fourth-order valence-corrected chi connectivity index (χ4v) is 4.80. The Morgan fingerprint density at radius 1 is 1.03 bits per heavy atom. The molecule has 1 fully saturated rings. The molecule has 1 heterocycles. The van der Waals surface area contributed by atoms with E-state index in [4.69, 9.17) is 32.7 Å². The van der Waals surface area contributed by atoms with Crippen molar-refractivity contribution >= 4 is 50.7 Å². The maximum Gasteiger partial charge on any atom is 0.333 e. The van der Waals surface area contributed by atoms with Crippen LogP contribution in [0, 0.1) is 0 Å². The van der Waals surface area contributed by atoms with E-state index in [0.29, 0.717) is 53.3 Å². The highest BCUT2D eigenvalue weighted by Crippen LogP contribution is 2.28. The third kappa shape index (κ3) is 9.26. The molecule has 9 heteroatoms. The lowest BCUT2D eigenvalue weighted by molar-refractivity contribution is -0.132. The van der Waals surface area contributed by atoms with Gasteiger partial charge in [0, 0.05) is 34.7 Å². The molecule has 0 aromatic heterocycles. The second kappa shape index (κ2) is 14.7. The molecule has 1 aliphatic carbocycles. The van der Waals surface area contributed by atoms with Gasteiger partial charge in [-0.05, 0) is 72.8 Å². The molecule has 3 N–H and O–H groups in total. The summed E-state index contributed by atoms with van der Waals surface area (Å²) in [5, 5.41) is 17.0. The fourth-order valence-electron chi connectivity index (χ4n) is 4.04. The fraction of sp³-hybridized carbons (Fsp3) is 0.300. The first-order valence-electron chi connectivity index (χ1n) is 12.8. The van der Waals surface area contributed by atoms with Crippen molar-refractivity contribution in [3.63, 3.8) is 0 Å². The number of nitrogens with one attached hydrogen (secondary N) is 2. The summed E-state index contributed by atoms with van der Waals surface area (Å²) < 4.78 is 12.5. The lowest BCUT2D eigenvalue weighted by Crippen LogP contribution is -2.28. The monoisotopic (exact) mass is 632 g/mol. The predicted octanol–water partition coefficient (Wildman–Crippen LogP) is 6.98. The van der Waals surface area contributed by atoms with Crippen LogP contribution in [0.1, 0.15) is 30.4 Å². The quantitative estimate of drug-likeness (QED) is 0.209. The van der Waals surface area contributed by atoms with Gasteiger partial charge < -0.3 is 25.2 Å². The van der Waals surface area contributed by atoms with Crippen LogP contribution in [-0.2, 0) is 11.3 Å². The summed E-state index contributed by atoms with van der Waals surface area (Å²) in [5.74, 6) is 0.322. The number of benzene rings is 3. The third-order valence-electron chi connectivity index (χ3n) is 6.30. The molecule has 0 radical (unpaired) electrons. The smallest absolute Gasteiger partial charge is 0.333 e.